The van der Waals surface area contributed by atoms with Crippen molar-refractivity contribution in [3.8, 4) is 16.9 Å². The van der Waals surface area contributed by atoms with Crippen molar-refractivity contribution in [1.29, 1.82) is 0 Å². The van der Waals surface area contributed by atoms with Crippen molar-refractivity contribution in [2.24, 2.45) is 0 Å². The molecular weight excluding hydrogens is 272 g/mol. The lowest BCUT2D eigenvalue weighted by molar-refractivity contribution is 0.776. The standard InChI is InChI=1S/C18H20N4/c1-12(2)18-19-10-9-17(20-18)16-11-22(21-14(16)4)15-7-5-13(3)6-8-15/h5-12H,1-4H3. The molecular formula is C18H20N4. The highest BCUT2D eigenvalue weighted by molar-refractivity contribution is 5.61. The number of hydrogen-bond donors (Lipinski definition) is 0. The van der Waals surface area contributed by atoms with Crippen molar-refractivity contribution < 1.29 is 0 Å². The van der Waals surface area contributed by atoms with Gasteiger partial charge in [0.25, 0.3) is 0 Å². The molecule has 3 rings (SSSR count). The first kappa shape index (κ1) is 14.4. The molecule has 2 heterocycles. The van der Waals surface area contributed by atoms with Crippen LogP contribution in [0.4, 0.5) is 0 Å². The Bertz CT molecular complexity index is 785. The van der Waals surface area contributed by atoms with E-state index in [1.54, 1.807) is 0 Å². The molecule has 0 spiro atoms. The van der Waals surface area contributed by atoms with E-state index in [1.807, 2.05) is 30.1 Å². The van der Waals surface area contributed by atoms with Gasteiger partial charge in [-0.05, 0) is 32.0 Å². The lowest BCUT2D eigenvalue weighted by atomic mass is 10.1. The van der Waals surface area contributed by atoms with Crippen LogP contribution in [0.2, 0.25) is 0 Å². The summed E-state index contributed by atoms with van der Waals surface area (Å²) in [5.74, 6) is 1.17. The van der Waals surface area contributed by atoms with E-state index in [2.05, 4.69) is 60.1 Å². The Hall–Kier alpha value is -2.49. The highest BCUT2D eigenvalue weighted by atomic mass is 15.3. The zero-order valence-corrected chi connectivity index (χ0v) is 13.4. The highest BCUT2D eigenvalue weighted by Gasteiger charge is 2.12. The van der Waals surface area contributed by atoms with E-state index >= 15 is 0 Å². The average Bonchev–Trinajstić information content (AvgIpc) is 2.90. The first-order valence-electron chi connectivity index (χ1n) is 7.51. The van der Waals surface area contributed by atoms with E-state index in [4.69, 9.17) is 0 Å². The summed E-state index contributed by atoms with van der Waals surface area (Å²) in [6, 6.07) is 10.3. The van der Waals surface area contributed by atoms with Gasteiger partial charge in [0.1, 0.15) is 5.82 Å². The second kappa shape index (κ2) is 5.72. The third-order valence-electron chi connectivity index (χ3n) is 3.66. The molecule has 0 fully saturated rings. The molecule has 0 bridgehead atoms. The molecule has 0 saturated carbocycles. The van der Waals surface area contributed by atoms with E-state index in [0.717, 1.165) is 28.5 Å². The second-order valence-electron chi connectivity index (χ2n) is 5.86. The number of rotatable bonds is 3. The SMILES string of the molecule is Cc1ccc(-n2cc(-c3ccnc(C(C)C)n3)c(C)n2)cc1. The first-order valence-corrected chi connectivity index (χ1v) is 7.51. The number of benzene rings is 1. The van der Waals surface area contributed by atoms with E-state index in [9.17, 15) is 0 Å². The molecule has 0 aliphatic rings. The summed E-state index contributed by atoms with van der Waals surface area (Å²) < 4.78 is 1.90. The van der Waals surface area contributed by atoms with Gasteiger partial charge < -0.3 is 0 Å². The van der Waals surface area contributed by atoms with Crippen LogP contribution >= 0.6 is 0 Å². The van der Waals surface area contributed by atoms with Gasteiger partial charge in [0.2, 0.25) is 0 Å². The fraction of sp³-hybridized carbons (Fsp3) is 0.278. The zero-order chi connectivity index (χ0) is 15.7. The zero-order valence-electron chi connectivity index (χ0n) is 13.4. The quantitative estimate of drug-likeness (QED) is 0.731. The van der Waals surface area contributed by atoms with Crippen LogP contribution in [-0.4, -0.2) is 19.7 Å². The number of nitrogens with zero attached hydrogens (tertiary/aromatic N) is 4. The van der Waals surface area contributed by atoms with Crippen molar-refractivity contribution in [1.82, 2.24) is 19.7 Å². The highest BCUT2D eigenvalue weighted by Crippen LogP contribution is 2.23. The fourth-order valence-corrected chi connectivity index (χ4v) is 2.34. The average molecular weight is 292 g/mol. The Morgan fingerprint density at radius 1 is 1.00 bits per heavy atom. The van der Waals surface area contributed by atoms with E-state index in [-0.39, 0.29) is 0 Å². The maximum Gasteiger partial charge on any atom is 0.131 e. The second-order valence-corrected chi connectivity index (χ2v) is 5.86. The minimum atomic E-state index is 0.312. The van der Waals surface area contributed by atoms with Gasteiger partial charge in [0.15, 0.2) is 0 Å². The molecule has 3 aromatic rings. The minimum absolute atomic E-state index is 0.312. The maximum absolute atomic E-state index is 4.66. The molecule has 0 aliphatic carbocycles. The van der Waals surface area contributed by atoms with E-state index < -0.39 is 0 Å². The van der Waals surface area contributed by atoms with Crippen molar-refractivity contribution in [3.63, 3.8) is 0 Å². The lowest BCUT2D eigenvalue weighted by Gasteiger charge is -2.05. The topological polar surface area (TPSA) is 43.6 Å². The van der Waals surface area contributed by atoms with Crippen LogP contribution in [0.25, 0.3) is 16.9 Å². The largest absolute Gasteiger partial charge is 0.241 e. The van der Waals surface area contributed by atoms with Gasteiger partial charge in [-0.25, -0.2) is 14.6 Å². The monoisotopic (exact) mass is 292 g/mol. The van der Waals surface area contributed by atoms with Crippen LogP contribution in [0, 0.1) is 13.8 Å². The Balaban J connectivity index is 2.02. The summed E-state index contributed by atoms with van der Waals surface area (Å²) in [7, 11) is 0. The third kappa shape index (κ3) is 2.77. The molecule has 0 amide bonds. The molecule has 4 heteroatoms. The van der Waals surface area contributed by atoms with Gasteiger partial charge >= 0.3 is 0 Å². The Kier molecular flexibility index (Phi) is 3.75. The van der Waals surface area contributed by atoms with Gasteiger partial charge in [0.05, 0.1) is 17.1 Å². The van der Waals surface area contributed by atoms with Gasteiger partial charge in [-0.1, -0.05) is 31.5 Å². The van der Waals surface area contributed by atoms with Gasteiger partial charge in [-0.3, -0.25) is 0 Å². The molecule has 112 valence electrons. The van der Waals surface area contributed by atoms with Crippen molar-refractivity contribution in [2.75, 3.05) is 0 Å². The summed E-state index contributed by atoms with van der Waals surface area (Å²) in [6.45, 7) is 8.29. The van der Waals surface area contributed by atoms with E-state index in [1.165, 1.54) is 5.56 Å². The fourth-order valence-electron chi connectivity index (χ4n) is 2.34. The Morgan fingerprint density at radius 2 is 1.73 bits per heavy atom. The van der Waals surface area contributed by atoms with Gasteiger partial charge in [-0.15, -0.1) is 0 Å². The maximum atomic E-state index is 4.66. The summed E-state index contributed by atoms with van der Waals surface area (Å²) in [5, 5.41) is 4.62. The molecule has 0 atom stereocenters. The smallest absolute Gasteiger partial charge is 0.131 e. The summed E-state index contributed by atoms with van der Waals surface area (Å²) >= 11 is 0. The van der Waals surface area contributed by atoms with Gasteiger partial charge in [0, 0.05) is 23.9 Å². The lowest BCUT2D eigenvalue weighted by Crippen LogP contribution is -1.98. The number of hydrogen-bond acceptors (Lipinski definition) is 3. The van der Waals surface area contributed by atoms with Crippen LogP contribution < -0.4 is 0 Å². The molecule has 4 nitrogen and oxygen atoms in total. The summed E-state index contributed by atoms with van der Waals surface area (Å²) in [6.07, 6.45) is 3.85. The van der Waals surface area contributed by atoms with Crippen LogP contribution in [0.1, 0.15) is 36.8 Å². The minimum Gasteiger partial charge on any atom is -0.241 e. The number of aryl methyl sites for hydroxylation is 2. The third-order valence-corrected chi connectivity index (χ3v) is 3.66. The van der Waals surface area contributed by atoms with Crippen molar-refractivity contribution in [3.05, 3.63) is 59.8 Å². The van der Waals surface area contributed by atoms with Crippen molar-refractivity contribution >= 4 is 0 Å². The van der Waals surface area contributed by atoms with Crippen LogP contribution in [0.3, 0.4) is 0 Å². The molecule has 2 aromatic heterocycles. The van der Waals surface area contributed by atoms with Crippen LogP contribution in [-0.2, 0) is 0 Å². The normalized spacial score (nSPS) is 11.1. The Labute approximate surface area is 130 Å². The van der Waals surface area contributed by atoms with Crippen LogP contribution in [0.15, 0.2) is 42.7 Å². The van der Waals surface area contributed by atoms with E-state index in [0.29, 0.717) is 5.92 Å². The predicted molar refractivity (Wildman–Crippen MR) is 88.2 cm³/mol. The molecule has 22 heavy (non-hydrogen) atoms. The molecule has 0 unspecified atom stereocenters. The Morgan fingerprint density at radius 3 is 2.41 bits per heavy atom. The molecule has 1 aromatic carbocycles. The molecule has 0 aliphatic heterocycles. The molecule has 0 N–H and O–H groups in total. The molecule has 0 saturated heterocycles. The first-order chi connectivity index (χ1) is 10.5. The summed E-state index contributed by atoms with van der Waals surface area (Å²) in [4.78, 5) is 8.99. The summed E-state index contributed by atoms with van der Waals surface area (Å²) in [5.41, 5.74) is 5.23. The molecule has 0 radical (unpaired) electrons. The van der Waals surface area contributed by atoms with Crippen LogP contribution in [0.5, 0.6) is 0 Å². The number of aromatic nitrogens is 4. The predicted octanol–water partition coefficient (Wildman–Crippen LogP) is 4.07. The van der Waals surface area contributed by atoms with Crippen molar-refractivity contribution in [2.45, 2.75) is 33.6 Å². The van der Waals surface area contributed by atoms with Gasteiger partial charge in [-0.2, -0.15) is 5.10 Å².